The van der Waals surface area contributed by atoms with Crippen molar-refractivity contribution in [3.05, 3.63) is 35.9 Å². The van der Waals surface area contributed by atoms with Crippen LogP contribution < -0.4 is 11.1 Å². The summed E-state index contributed by atoms with van der Waals surface area (Å²) in [6.07, 6.45) is 3.07. The number of carbonyl (C=O) groups is 1. The molecule has 0 bridgehead atoms. The average molecular weight is 274 g/mol. The van der Waals surface area contributed by atoms with Crippen molar-refractivity contribution < 1.29 is 4.79 Å². The van der Waals surface area contributed by atoms with Crippen LogP contribution in [0.2, 0.25) is 0 Å². The lowest BCUT2D eigenvalue weighted by Crippen LogP contribution is -2.54. The van der Waals surface area contributed by atoms with Gasteiger partial charge in [-0.3, -0.25) is 4.79 Å². The van der Waals surface area contributed by atoms with Crippen LogP contribution in [0.15, 0.2) is 30.3 Å². The van der Waals surface area contributed by atoms with Gasteiger partial charge in [0.1, 0.15) is 0 Å². The fourth-order valence-electron chi connectivity index (χ4n) is 2.62. The highest BCUT2D eigenvalue weighted by Crippen LogP contribution is 2.38. The second kappa shape index (κ2) is 5.96. The summed E-state index contributed by atoms with van der Waals surface area (Å²) in [5.41, 5.74) is 6.63. The van der Waals surface area contributed by atoms with E-state index in [1.54, 1.807) is 0 Å². The molecule has 1 aliphatic rings. The topological polar surface area (TPSA) is 55.1 Å². The number of nitrogens with one attached hydrogen (secondary N) is 1. The molecule has 2 rings (SSSR count). The SMILES string of the molecule is CC(C)CC(NC(=O)C(C)(N)C1CC1)c1ccccc1. The van der Waals surface area contributed by atoms with Gasteiger partial charge in [-0.25, -0.2) is 0 Å². The molecule has 110 valence electrons. The van der Waals surface area contributed by atoms with Gasteiger partial charge >= 0.3 is 0 Å². The number of nitrogens with two attached hydrogens (primary N) is 1. The van der Waals surface area contributed by atoms with Gasteiger partial charge in [-0.1, -0.05) is 44.2 Å². The monoisotopic (exact) mass is 274 g/mol. The average Bonchev–Trinajstić information content (AvgIpc) is 3.23. The fourth-order valence-corrected chi connectivity index (χ4v) is 2.62. The molecule has 0 saturated heterocycles. The smallest absolute Gasteiger partial charge is 0.240 e. The summed E-state index contributed by atoms with van der Waals surface area (Å²) in [5.74, 6) is 0.845. The molecular formula is C17H26N2O. The molecule has 3 N–H and O–H groups in total. The lowest BCUT2D eigenvalue weighted by atomic mass is 9.92. The van der Waals surface area contributed by atoms with Crippen molar-refractivity contribution in [2.45, 2.75) is 51.6 Å². The first-order chi connectivity index (χ1) is 9.41. The summed E-state index contributed by atoms with van der Waals surface area (Å²) in [6.45, 7) is 6.20. The Hall–Kier alpha value is -1.35. The molecule has 1 aromatic rings. The molecule has 0 aliphatic heterocycles. The fraction of sp³-hybridized carbons (Fsp3) is 0.588. The number of carbonyl (C=O) groups excluding carboxylic acids is 1. The Kier molecular flexibility index (Phi) is 4.48. The van der Waals surface area contributed by atoms with E-state index >= 15 is 0 Å². The third kappa shape index (κ3) is 3.60. The molecule has 1 aromatic carbocycles. The molecular weight excluding hydrogens is 248 g/mol. The summed E-state index contributed by atoms with van der Waals surface area (Å²) >= 11 is 0. The van der Waals surface area contributed by atoms with E-state index in [2.05, 4.69) is 31.3 Å². The molecule has 0 aromatic heterocycles. The maximum absolute atomic E-state index is 12.5. The Morgan fingerprint density at radius 2 is 1.95 bits per heavy atom. The van der Waals surface area contributed by atoms with Crippen LogP contribution in [0.25, 0.3) is 0 Å². The van der Waals surface area contributed by atoms with Crippen LogP contribution in [0.4, 0.5) is 0 Å². The standard InChI is InChI=1S/C17H26N2O/c1-12(2)11-15(13-7-5-4-6-8-13)19-16(20)17(3,18)14-9-10-14/h4-8,12,14-15H,9-11,18H2,1-3H3,(H,19,20). The Labute approximate surface area is 121 Å². The molecule has 1 aliphatic carbocycles. The van der Waals surface area contributed by atoms with E-state index in [9.17, 15) is 4.79 Å². The zero-order valence-electron chi connectivity index (χ0n) is 12.7. The van der Waals surface area contributed by atoms with E-state index in [4.69, 9.17) is 5.73 Å². The lowest BCUT2D eigenvalue weighted by Gasteiger charge is -2.28. The van der Waals surface area contributed by atoms with E-state index in [1.165, 1.54) is 0 Å². The van der Waals surface area contributed by atoms with Crippen molar-refractivity contribution in [1.82, 2.24) is 5.32 Å². The summed E-state index contributed by atoms with van der Waals surface area (Å²) in [4.78, 5) is 12.5. The highest BCUT2D eigenvalue weighted by Gasteiger charge is 2.44. The van der Waals surface area contributed by atoms with Crippen LogP contribution in [0.1, 0.15) is 51.6 Å². The summed E-state index contributed by atoms with van der Waals surface area (Å²) in [6, 6.07) is 10.2. The number of hydrogen-bond donors (Lipinski definition) is 2. The Morgan fingerprint density at radius 1 is 1.35 bits per heavy atom. The van der Waals surface area contributed by atoms with Crippen molar-refractivity contribution in [3.63, 3.8) is 0 Å². The molecule has 3 heteroatoms. The number of benzene rings is 1. The van der Waals surface area contributed by atoms with Gasteiger partial charge in [0.15, 0.2) is 0 Å². The van der Waals surface area contributed by atoms with Crippen LogP contribution in [0.3, 0.4) is 0 Å². The van der Waals surface area contributed by atoms with E-state index in [0.717, 1.165) is 24.8 Å². The molecule has 0 radical (unpaired) electrons. The number of rotatable bonds is 6. The molecule has 1 fully saturated rings. The van der Waals surface area contributed by atoms with Crippen molar-refractivity contribution in [2.75, 3.05) is 0 Å². The molecule has 1 saturated carbocycles. The van der Waals surface area contributed by atoms with E-state index in [0.29, 0.717) is 11.8 Å². The van der Waals surface area contributed by atoms with Crippen LogP contribution >= 0.6 is 0 Å². The largest absolute Gasteiger partial charge is 0.348 e. The van der Waals surface area contributed by atoms with E-state index in [1.807, 2.05) is 25.1 Å². The predicted molar refractivity (Wildman–Crippen MR) is 82.1 cm³/mol. The molecule has 1 amide bonds. The first-order valence-electron chi connectivity index (χ1n) is 7.56. The van der Waals surface area contributed by atoms with Gasteiger partial charge < -0.3 is 11.1 Å². The number of amides is 1. The predicted octanol–water partition coefficient (Wildman–Crippen LogP) is 3.02. The summed E-state index contributed by atoms with van der Waals surface area (Å²) in [7, 11) is 0. The third-order valence-corrected chi connectivity index (χ3v) is 4.13. The van der Waals surface area contributed by atoms with Crippen molar-refractivity contribution in [1.29, 1.82) is 0 Å². The van der Waals surface area contributed by atoms with Crippen LogP contribution in [-0.4, -0.2) is 11.4 Å². The van der Waals surface area contributed by atoms with Crippen molar-refractivity contribution in [3.8, 4) is 0 Å². The van der Waals surface area contributed by atoms with Gasteiger partial charge in [0.05, 0.1) is 11.6 Å². The van der Waals surface area contributed by atoms with Crippen molar-refractivity contribution >= 4 is 5.91 Å². The van der Waals surface area contributed by atoms with Gasteiger partial charge in [-0.05, 0) is 43.6 Å². The Morgan fingerprint density at radius 3 is 2.45 bits per heavy atom. The molecule has 2 unspecified atom stereocenters. The third-order valence-electron chi connectivity index (χ3n) is 4.13. The van der Waals surface area contributed by atoms with Gasteiger partial charge in [-0.2, -0.15) is 0 Å². The quantitative estimate of drug-likeness (QED) is 0.838. The molecule has 0 spiro atoms. The van der Waals surface area contributed by atoms with Gasteiger partial charge in [-0.15, -0.1) is 0 Å². The second-order valence-corrected chi connectivity index (χ2v) is 6.62. The van der Waals surface area contributed by atoms with E-state index in [-0.39, 0.29) is 11.9 Å². The van der Waals surface area contributed by atoms with Gasteiger partial charge in [0.2, 0.25) is 5.91 Å². The van der Waals surface area contributed by atoms with Crippen LogP contribution in [-0.2, 0) is 4.79 Å². The Balaban J connectivity index is 2.10. The maximum atomic E-state index is 12.5. The zero-order chi connectivity index (χ0) is 14.8. The van der Waals surface area contributed by atoms with E-state index < -0.39 is 5.54 Å². The van der Waals surface area contributed by atoms with Gasteiger partial charge in [0.25, 0.3) is 0 Å². The minimum Gasteiger partial charge on any atom is -0.348 e. The molecule has 2 atom stereocenters. The first-order valence-corrected chi connectivity index (χ1v) is 7.56. The van der Waals surface area contributed by atoms with Crippen LogP contribution in [0, 0.1) is 11.8 Å². The second-order valence-electron chi connectivity index (χ2n) is 6.62. The minimum atomic E-state index is -0.732. The highest BCUT2D eigenvalue weighted by atomic mass is 16.2. The zero-order valence-corrected chi connectivity index (χ0v) is 12.7. The van der Waals surface area contributed by atoms with Crippen LogP contribution in [0.5, 0.6) is 0 Å². The van der Waals surface area contributed by atoms with Gasteiger partial charge in [0, 0.05) is 0 Å². The molecule has 0 heterocycles. The Bertz CT molecular complexity index is 449. The molecule has 3 nitrogen and oxygen atoms in total. The van der Waals surface area contributed by atoms with Crippen molar-refractivity contribution in [2.24, 2.45) is 17.6 Å². The maximum Gasteiger partial charge on any atom is 0.240 e. The normalized spacial score (nSPS) is 19.4. The minimum absolute atomic E-state index is 0.0190. The first kappa shape index (κ1) is 15.0. The number of hydrogen-bond acceptors (Lipinski definition) is 2. The summed E-state index contributed by atoms with van der Waals surface area (Å²) < 4.78 is 0. The highest BCUT2D eigenvalue weighted by molar-refractivity contribution is 5.86. The molecule has 20 heavy (non-hydrogen) atoms. The summed E-state index contributed by atoms with van der Waals surface area (Å²) in [5, 5.41) is 3.16. The lowest BCUT2D eigenvalue weighted by molar-refractivity contribution is -0.127.